The van der Waals surface area contributed by atoms with Gasteiger partial charge in [0.2, 0.25) is 17.7 Å². The van der Waals surface area contributed by atoms with Gasteiger partial charge < -0.3 is 29.9 Å². The van der Waals surface area contributed by atoms with Crippen LogP contribution in [0.4, 0.5) is 21.7 Å². The fourth-order valence-corrected chi connectivity index (χ4v) is 8.93. The first-order valence-corrected chi connectivity index (χ1v) is 22.0. The fraction of sp³-hybridized carbons (Fsp3) is 0.391. The molecular formula is C46H50FN11O7. The average molecular weight is 888 g/mol. The molecule has 1 unspecified atom stereocenters. The number of carbonyl (C=O) groups excluding carboxylic acids is 5. The lowest BCUT2D eigenvalue weighted by molar-refractivity contribution is -0.136. The Bertz CT molecular complexity index is 2600. The van der Waals surface area contributed by atoms with E-state index in [0.29, 0.717) is 77.0 Å². The number of piperidine rings is 1. The maximum absolute atomic E-state index is 14.1. The van der Waals surface area contributed by atoms with E-state index in [1.54, 1.807) is 36.5 Å². The molecule has 19 heteroatoms. The summed E-state index contributed by atoms with van der Waals surface area (Å²) in [5.41, 5.74) is 4.04. The van der Waals surface area contributed by atoms with E-state index in [1.807, 2.05) is 40.9 Å². The first-order valence-electron chi connectivity index (χ1n) is 22.0. The van der Waals surface area contributed by atoms with Gasteiger partial charge in [0.25, 0.3) is 11.8 Å². The van der Waals surface area contributed by atoms with Crippen molar-refractivity contribution in [2.24, 2.45) is 0 Å². The Morgan fingerprint density at radius 3 is 2.43 bits per heavy atom. The Morgan fingerprint density at radius 1 is 0.815 bits per heavy atom. The summed E-state index contributed by atoms with van der Waals surface area (Å²) < 4.78 is 27.2. The summed E-state index contributed by atoms with van der Waals surface area (Å²) in [6, 6.07) is 20.6. The summed E-state index contributed by atoms with van der Waals surface area (Å²) in [6.45, 7) is 5.93. The van der Waals surface area contributed by atoms with Crippen molar-refractivity contribution in [2.75, 3.05) is 93.9 Å². The fourth-order valence-electron chi connectivity index (χ4n) is 8.93. The van der Waals surface area contributed by atoms with Crippen LogP contribution in [0.2, 0.25) is 0 Å². The number of rotatable bonds is 17. The van der Waals surface area contributed by atoms with Crippen LogP contribution in [0, 0.1) is 5.82 Å². The molecule has 2 aromatic carbocycles. The van der Waals surface area contributed by atoms with E-state index in [0.717, 1.165) is 52.9 Å². The number of imide groups is 2. The van der Waals surface area contributed by atoms with Gasteiger partial charge in [-0.15, -0.1) is 5.10 Å². The highest BCUT2D eigenvalue weighted by Crippen LogP contribution is 2.36. The lowest BCUT2D eigenvalue weighted by Gasteiger charge is -2.35. The van der Waals surface area contributed by atoms with E-state index < -0.39 is 29.7 Å². The van der Waals surface area contributed by atoms with Crippen LogP contribution in [0.15, 0.2) is 79.0 Å². The zero-order valence-corrected chi connectivity index (χ0v) is 35.8. The van der Waals surface area contributed by atoms with Crippen molar-refractivity contribution in [1.82, 2.24) is 40.0 Å². The van der Waals surface area contributed by atoms with E-state index in [9.17, 15) is 28.4 Å². The predicted molar refractivity (Wildman–Crippen MR) is 237 cm³/mol. The molecule has 0 spiro atoms. The minimum atomic E-state index is -1.03. The Hall–Kier alpha value is -6.83. The number of pyridine rings is 1. The number of nitrogens with zero attached hydrogens (tertiary/aromatic N) is 8. The molecule has 4 aliphatic heterocycles. The lowest BCUT2D eigenvalue weighted by atomic mass is 10.0. The minimum absolute atomic E-state index is 0.0453. The largest absolute Gasteiger partial charge is 0.382 e. The molecular weight excluding hydrogens is 838 g/mol. The number of piperazine rings is 1. The smallest absolute Gasteiger partial charge is 0.264 e. The van der Waals surface area contributed by atoms with Crippen LogP contribution in [0.1, 0.15) is 58.0 Å². The van der Waals surface area contributed by atoms with Gasteiger partial charge in [-0.05, 0) is 73.4 Å². The number of amides is 5. The summed E-state index contributed by atoms with van der Waals surface area (Å²) in [4.78, 5) is 80.2. The van der Waals surface area contributed by atoms with Gasteiger partial charge in [0.15, 0.2) is 5.65 Å². The monoisotopic (exact) mass is 887 g/mol. The zero-order chi connectivity index (χ0) is 44.9. The van der Waals surface area contributed by atoms with E-state index in [-0.39, 0.29) is 48.3 Å². The zero-order valence-electron chi connectivity index (χ0n) is 35.8. The van der Waals surface area contributed by atoms with Gasteiger partial charge in [0, 0.05) is 57.9 Å². The maximum Gasteiger partial charge on any atom is 0.264 e. The van der Waals surface area contributed by atoms with Crippen LogP contribution in [0.5, 0.6) is 0 Å². The summed E-state index contributed by atoms with van der Waals surface area (Å²) in [5, 5.41) is 13.3. The first kappa shape index (κ1) is 43.4. The molecule has 5 aromatic rings. The lowest BCUT2D eigenvalue weighted by Crippen LogP contribution is -2.54. The molecule has 4 aliphatic rings. The van der Waals surface area contributed by atoms with Gasteiger partial charge in [0.1, 0.15) is 29.2 Å². The van der Waals surface area contributed by atoms with Gasteiger partial charge in [-0.25, -0.2) is 18.9 Å². The number of fused-ring (bicyclic) bond motifs is 2. The van der Waals surface area contributed by atoms with Crippen molar-refractivity contribution in [3.63, 3.8) is 0 Å². The number of benzene rings is 2. The second kappa shape index (κ2) is 19.5. The van der Waals surface area contributed by atoms with Crippen LogP contribution < -0.4 is 25.8 Å². The van der Waals surface area contributed by atoms with Gasteiger partial charge in [-0.1, -0.05) is 24.3 Å². The van der Waals surface area contributed by atoms with Gasteiger partial charge in [0.05, 0.1) is 62.0 Å². The average Bonchev–Trinajstić information content (AvgIpc) is 4.04. The molecule has 3 saturated heterocycles. The molecule has 18 nitrogen and oxygen atoms in total. The van der Waals surface area contributed by atoms with Crippen molar-refractivity contribution in [1.29, 1.82) is 0 Å². The molecule has 9 rings (SSSR count). The molecule has 5 amide bonds. The number of nitrogens with one attached hydrogen (secondary N) is 3. The van der Waals surface area contributed by atoms with Crippen molar-refractivity contribution in [3.05, 3.63) is 102 Å². The predicted octanol–water partition coefficient (Wildman–Crippen LogP) is 3.06. The van der Waals surface area contributed by atoms with Crippen molar-refractivity contribution in [3.8, 4) is 11.4 Å². The normalized spacial score (nSPS) is 19.0. The molecule has 7 heterocycles. The number of imidazole rings is 1. The molecule has 0 aliphatic carbocycles. The van der Waals surface area contributed by atoms with Gasteiger partial charge >= 0.3 is 0 Å². The molecule has 65 heavy (non-hydrogen) atoms. The Balaban J connectivity index is 0.668. The van der Waals surface area contributed by atoms with Gasteiger partial charge in [-0.2, -0.15) is 0 Å². The Morgan fingerprint density at radius 2 is 1.62 bits per heavy atom. The Labute approximate surface area is 374 Å². The topological polar surface area (TPSA) is 196 Å². The molecule has 3 fully saturated rings. The maximum atomic E-state index is 14.1. The van der Waals surface area contributed by atoms with Crippen molar-refractivity contribution < 1.29 is 37.8 Å². The quantitative estimate of drug-likeness (QED) is 0.0911. The first-order chi connectivity index (χ1) is 31.7. The summed E-state index contributed by atoms with van der Waals surface area (Å²) in [5.74, 6) is -0.884. The number of hydrogen-bond acceptors (Lipinski definition) is 14. The summed E-state index contributed by atoms with van der Waals surface area (Å²) in [7, 11) is 0. The van der Waals surface area contributed by atoms with Gasteiger partial charge in [-0.3, -0.25) is 39.1 Å². The second-order valence-corrected chi connectivity index (χ2v) is 16.3. The number of anilines is 3. The number of ether oxygens (including phenoxy) is 2. The van der Waals surface area contributed by atoms with Crippen LogP contribution in [-0.4, -0.2) is 144 Å². The molecule has 0 radical (unpaired) electrons. The Kier molecular flexibility index (Phi) is 13.0. The SMILES string of the molecule is O=C(CN1CCN(c2cccc(-c3cnc4ccc(N5CCC[C@H]5c5cccc(F)c5)nn34)n2)CC1)NCCOCCOCCNc1cccc2c1C(=O)N(C1CCC(=O)NC1=O)C2=O. The number of hydrogen-bond donors (Lipinski definition) is 3. The minimum Gasteiger partial charge on any atom is -0.382 e. The van der Waals surface area contributed by atoms with E-state index in [2.05, 4.69) is 35.6 Å². The van der Waals surface area contributed by atoms with E-state index >= 15 is 0 Å². The molecule has 0 saturated carbocycles. The standard InChI is InChI=1S/C46H50FN11O7/c47-31-6-1-5-30(27-31)35-10-4-18-56(35)40-14-13-38-50-28-37(58(38)53-40)33-8-3-11-39(51-33)55-21-19-54(20-22-55)29-42(60)49-17-24-65-26-25-64-23-16-48-34-9-2-7-32-43(34)46(63)57(45(32)62)36-12-15-41(59)52-44(36)61/h1-3,5-9,11,13-14,27-28,35-36,48H,4,10,12,15-26,29H2,(H,49,60)(H,52,59,61)/t35-,36?/m0/s1. The molecule has 3 aromatic heterocycles. The van der Waals surface area contributed by atoms with Crippen LogP contribution in [0.25, 0.3) is 17.0 Å². The summed E-state index contributed by atoms with van der Waals surface area (Å²) in [6.07, 6.45) is 3.85. The van der Waals surface area contributed by atoms with E-state index in [4.69, 9.17) is 19.6 Å². The molecule has 338 valence electrons. The third-order valence-corrected chi connectivity index (χ3v) is 12.2. The third-order valence-electron chi connectivity index (χ3n) is 12.2. The highest BCUT2D eigenvalue weighted by molar-refractivity contribution is 6.25. The van der Waals surface area contributed by atoms with Crippen molar-refractivity contribution >= 4 is 52.5 Å². The summed E-state index contributed by atoms with van der Waals surface area (Å²) >= 11 is 0. The number of aromatic nitrogens is 4. The molecule has 3 N–H and O–H groups in total. The molecule has 0 bridgehead atoms. The van der Waals surface area contributed by atoms with Crippen molar-refractivity contribution in [2.45, 2.75) is 37.8 Å². The highest BCUT2D eigenvalue weighted by Gasteiger charge is 2.45. The van der Waals surface area contributed by atoms with Crippen LogP contribution >= 0.6 is 0 Å². The number of halogens is 1. The third kappa shape index (κ3) is 9.52. The second-order valence-electron chi connectivity index (χ2n) is 16.3. The number of carbonyl (C=O) groups is 5. The highest BCUT2D eigenvalue weighted by atomic mass is 19.1. The van der Waals surface area contributed by atoms with E-state index in [1.165, 1.54) is 6.07 Å². The molecule has 2 atom stereocenters. The van der Waals surface area contributed by atoms with Crippen LogP contribution in [-0.2, 0) is 23.9 Å². The van der Waals surface area contributed by atoms with Crippen LogP contribution in [0.3, 0.4) is 0 Å².